The van der Waals surface area contributed by atoms with Gasteiger partial charge in [-0.2, -0.15) is 4.98 Å². The van der Waals surface area contributed by atoms with Gasteiger partial charge in [0.15, 0.2) is 5.76 Å². The van der Waals surface area contributed by atoms with E-state index >= 15 is 0 Å². The zero-order valence-corrected chi connectivity index (χ0v) is 17.2. The van der Waals surface area contributed by atoms with Crippen LogP contribution in [-0.2, 0) is 4.79 Å². The molecule has 0 radical (unpaired) electrons. The van der Waals surface area contributed by atoms with E-state index in [4.69, 9.17) is 9.15 Å². The lowest BCUT2D eigenvalue weighted by Crippen LogP contribution is -2.24. The van der Waals surface area contributed by atoms with Crippen molar-refractivity contribution < 1.29 is 19.1 Å². The molecule has 7 heteroatoms. The molecule has 7 nitrogen and oxygen atoms in total. The SMILES string of the molecule is O=C(O)C1(CNc2nc(-c3ccc(Oc4ccccc4)cc3)c(-c3cccnc3)o2)CC1. The highest BCUT2D eigenvalue weighted by atomic mass is 16.5. The van der Waals surface area contributed by atoms with Crippen molar-refractivity contribution in [2.45, 2.75) is 12.8 Å². The van der Waals surface area contributed by atoms with Gasteiger partial charge in [0.05, 0.1) is 5.41 Å². The number of oxazole rings is 1. The van der Waals surface area contributed by atoms with E-state index < -0.39 is 11.4 Å². The monoisotopic (exact) mass is 427 g/mol. The Labute approximate surface area is 184 Å². The number of nitrogens with one attached hydrogen (secondary N) is 1. The molecule has 1 aliphatic rings. The Kier molecular flexibility index (Phi) is 5.07. The van der Waals surface area contributed by atoms with E-state index in [9.17, 15) is 9.90 Å². The van der Waals surface area contributed by atoms with Crippen molar-refractivity contribution in [2.24, 2.45) is 5.41 Å². The van der Waals surface area contributed by atoms with Crippen LogP contribution in [0.1, 0.15) is 12.8 Å². The Balaban J connectivity index is 1.42. The summed E-state index contributed by atoms with van der Waals surface area (Å²) in [6.45, 7) is 0.276. The van der Waals surface area contributed by atoms with Crippen LogP contribution < -0.4 is 10.1 Å². The molecule has 4 aromatic rings. The molecular weight excluding hydrogens is 406 g/mol. The van der Waals surface area contributed by atoms with Crippen LogP contribution >= 0.6 is 0 Å². The largest absolute Gasteiger partial charge is 0.481 e. The van der Waals surface area contributed by atoms with Crippen molar-refractivity contribution in [1.29, 1.82) is 0 Å². The fraction of sp³-hybridized carbons (Fsp3) is 0.160. The van der Waals surface area contributed by atoms with E-state index in [1.54, 1.807) is 12.4 Å². The van der Waals surface area contributed by atoms with Gasteiger partial charge in [0, 0.05) is 30.1 Å². The summed E-state index contributed by atoms with van der Waals surface area (Å²) in [5.74, 6) is 1.24. The number of hydrogen-bond donors (Lipinski definition) is 2. The van der Waals surface area contributed by atoms with Gasteiger partial charge in [0.1, 0.15) is 17.2 Å². The molecule has 1 aliphatic carbocycles. The van der Waals surface area contributed by atoms with Gasteiger partial charge in [0.25, 0.3) is 6.01 Å². The number of rotatable bonds is 8. The van der Waals surface area contributed by atoms with Crippen molar-refractivity contribution in [3.05, 3.63) is 79.1 Å². The van der Waals surface area contributed by atoms with Gasteiger partial charge in [-0.25, -0.2) is 0 Å². The number of carboxylic acids is 1. The molecule has 5 rings (SSSR count). The molecule has 160 valence electrons. The van der Waals surface area contributed by atoms with Crippen molar-refractivity contribution >= 4 is 12.0 Å². The summed E-state index contributed by atoms with van der Waals surface area (Å²) in [5, 5.41) is 12.5. The van der Waals surface area contributed by atoms with Crippen LogP contribution in [0.2, 0.25) is 0 Å². The summed E-state index contributed by atoms with van der Waals surface area (Å²) in [6.07, 6.45) is 4.71. The van der Waals surface area contributed by atoms with Gasteiger partial charge < -0.3 is 19.6 Å². The number of nitrogens with zero attached hydrogens (tertiary/aromatic N) is 2. The second kappa shape index (κ2) is 8.19. The number of hydrogen-bond acceptors (Lipinski definition) is 6. The van der Waals surface area contributed by atoms with Crippen LogP contribution in [0.4, 0.5) is 6.01 Å². The number of carboxylic acid groups (broad SMARTS) is 1. The van der Waals surface area contributed by atoms with Crippen LogP contribution in [0.3, 0.4) is 0 Å². The van der Waals surface area contributed by atoms with Crippen LogP contribution in [-0.4, -0.2) is 27.6 Å². The van der Waals surface area contributed by atoms with E-state index in [0.29, 0.717) is 30.0 Å². The van der Waals surface area contributed by atoms with E-state index in [1.807, 2.05) is 66.7 Å². The van der Waals surface area contributed by atoms with Crippen LogP contribution in [0.15, 0.2) is 83.5 Å². The number of para-hydroxylation sites is 1. The fourth-order valence-electron chi connectivity index (χ4n) is 3.45. The first-order valence-electron chi connectivity index (χ1n) is 10.3. The Morgan fingerprint density at radius 3 is 2.41 bits per heavy atom. The van der Waals surface area contributed by atoms with Crippen LogP contribution in [0, 0.1) is 5.41 Å². The Bertz CT molecular complexity index is 1220. The van der Waals surface area contributed by atoms with Crippen LogP contribution in [0.25, 0.3) is 22.6 Å². The summed E-state index contributed by atoms with van der Waals surface area (Å²) in [6, 6.07) is 21.2. The number of pyridine rings is 1. The topological polar surface area (TPSA) is 97.5 Å². The summed E-state index contributed by atoms with van der Waals surface area (Å²) >= 11 is 0. The highest BCUT2D eigenvalue weighted by Crippen LogP contribution is 2.46. The number of ether oxygens (including phenoxy) is 1. The summed E-state index contributed by atoms with van der Waals surface area (Å²) < 4.78 is 11.9. The van der Waals surface area contributed by atoms with Gasteiger partial charge in [-0.3, -0.25) is 9.78 Å². The fourth-order valence-corrected chi connectivity index (χ4v) is 3.45. The lowest BCUT2D eigenvalue weighted by molar-refractivity contribution is -0.142. The first kappa shape index (κ1) is 19.8. The summed E-state index contributed by atoms with van der Waals surface area (Å²) in [4.78, 5) is 20.3. The van der Waals surface area contributed by atoms with Crippen molar-refractivity contribution in [3.8, 4) is 34.1 Å². The number of anilines is 1. The average Bonchev–Trinajstić information content (AvgIpc) is 3.52. The third-order valence-corrected chi connectivity index (χ3v) is 5.54. The predicted molar refractivity (Wildman–Crippen MR) is 119 cm³/mol. The van der Waals surface area contributed by atoms with Crippen molar-refractivity contribution in [1.82, 2.24) is 9.97 Å². The Morgan fingerprint density at radius 2 is 1.75 bits per heavy atom. The predicted octanol–water partition coefficient (Wildman–Crippen LogP) is 5.47. The lowest BCUT2D eigenvalue weighted by atomic mass is 10.1. The van der Waals surface area contributed by atoms with Gasteiger partial charge in [-0.15, -0.1) is 0 Å². The zero-order chi connectivity index (χ0) is 22.0. The zero-order valence-electron chi connectivity index (χ0n) is 17.2. The molecule has 2 heterocycles. The minimum absolute atomic E-state index is 0.276. The third-order valence-electron chi connectivity index (χ3n) is 5.54. The first-order chi connectivity index (χ1) is 15.6. The molecule has 0 unspecified atom stereocenters. The molecule has 0 bridgehead atoms. The molecule has 1 saturated carbocycles. The second-order valence-electron chi connectivity index (χ2n) is 7.82. The maximum atomic E-state index is 11.5. The molecule has 2 aromatic carbocycles. The quantitative estimate of drug-likeness (QED) is 0.385. The molecule has 32 heavy (non-hydrogen) atoms. The molecule has 0 atom stereocenters. The Morgan fingerprint density at radius 1 is 1.00 bits per heavy atom. The lowest BCUT2D eigenvalue weighted by Gasteiger charge is -2.08. The van der Waals surface area contributed by atoms with Gasteiger partial charge >= 0.3 is 5.97 Å². The van der Waals surface area contributed by atoms with E-state index in [1.165, 1.54) is 0 Å². The molecule has 1 fully saturated rings. The molecule has 2 N–H and O–H groups in total. The van der Waals surface area contributed by atoms with Crippen molar-refractivity contribution in [2.75, 3.05) is 11.9 Å². The molecule has 0 amide bonds. The smallest absolute Gasteiger partial charge is 0.311 e. The van der Waals surface area contributed by atoms with Crippen molar-refractivity contribution in [3.63, 3.8) is 0 Å². The van der Waals surface area contributed by atoms with E-state index in [-0.39, 0.29) is 12.6 Å². The molecule has 2 aromatic heterocycles. The number of aromatic nitrogens is 2. The Hall–Kier alpha value is -4.13. The minimum atomic E-state index is -0.793. The van der Waals surface area contributed by atoms with E-state index in [0.717, 1.165) is 16.9 Å². The molecule has 0 aliphatic heterocycles. The summed E-state index contributed by atoms with van der Waals surface area (Å²) in [5.41, 5.74) is 1.55. The number of carbonyl (C=O) groups is 1. The van der Waals surface area contributed by atoms with Crippen LogP contribution in [0.5, 0.6) is 11.5 Å². The first-order valence-corrected chi connectivity index (χ1v) is 10.3. The maximum Gasteiger partial charge on any atom is 0.311 e. The highest BCUT2D eigenvalue weighted by molar-refractivity contribution is 5.79. The van der Waals surface area contributed by atoms with E-state index in [2.05, 4.69) is 15.3 Å². The highest BCUT2D eigenvalue weighted by Gasteiger charge is 2.50. The number of benzene rings is 2. The maximum absolute atomic E-state index is 11.5. The van der Waals surface area contributed by atoms with Gasteiger partial charge in [0.2, 0.25) is 0 Å². The van der Waals surface area contributed by atoms with Gasteiger partial charge in [-0.1, -0.05) is 18.2 Å². The molecule has 0 saturated heterocycles. The average molecular weight is 427 g/mol. The summed E-state index contributed by atoms with van der Waals surface area (Å²) in [7, 11) is 0. The number of aliphatic carboxylic acids is 1. The van der Waals surface area contributed by atoms with Gasteiger partial charge in [-0.05, 0) is 61.4 Å². The normalized spacial score (nSPS) is 14.0. The molecular formula is C25H21N3O4. The standard InChI is InChI=1S/C25H21N3O4/c29-23(30)25(12-13-25)16-27-24-28-21(22(32-24)18-5-4-14-26-15-18)17-8-10-20(11-9-17)31-19-6-2-1-3-7-19/h1-11,14-15H,12-13,16H2,(H,27,28)(H,29,30). The minimum Gasteiger partial charge on any atom is -0.481 e. The third kappa shape index (κ3) is 4.05. The second-order valence-corrected chi connectivity index (χ2v) is 7.82. The molecule has 0 spiro atoms.